The van der Waals surface area contributed by atoms with E-state index in [9.17, 15) is 14.7 Å². The van der Waals surface area contributed by atoms with Gasteiger partial charge in [-0.2, -0.15) is 0 Å². The first-order valence-electron chi connectivity index (χ1n) is 8.78. The molecule has 1 aromatic heterocycles. The number of rotatable bonds is 5. The third kappa shape index (κ3) is 3.34. The number of nitrogens with zero attached hydrogens (tertiary/aromatic N) is 2. The summed E-state index contributed by atoms with van der Waals surface area (Å²) in [5.41, 5.74) is 0. The Kier molecular flexibility index (Phi) is 4.94. The SMILES string of the molecule is CC(C)N1CC(C(=O)N2CCCC2CC(O)c2ccco2)CC1=O. The maximum Gasteiger partial charge on any atom is 0.228 e. The lowest BCUT2D eigenvalue weighted by atomic mass is 10.0. The van der Waals surface area contributed by atoms with Crippen molar-refractivity contribution >= 4 is 11.8 Å². The summed E-state index contributed by atoms with van der Waals surface area (Å²) in [6.45, 7) is 5.17. The number of aliphatic hydroxyl groups excluding tert-OH is 1. The van der Waals surface area contributed by atoms with E-state index in [1.54, 1.807) is 23.3 Å². The van der Waals surface area contributed by atoms with Gasteiger partial charge in [0.25, 0.3) is 0 Å². The Hall–Kier alpha value is -1.82. The van der Waals surface area contributed by atoms with Gasteiger partial charge in [0.15, 0.2) is 0 Å². The van der Waals surface area contributed by atoms with Crippen LogP contribution in [0, 0.1) is 5.92 Å². The summed E-state index contributed by atoms with van der Waals surface area (Å²) in [6.07, 6.45) is 3.46. The van der Waals surface area contributed by atoms with Crippen LogP contribution in [0.3, 0.4) is 0 Å². The first-order valence-corrected chi connectivity index (χ1v) is 8.78. The molecule has 2 aliphatic heterocycles. The number of furan rings is 1. The van der Waals surface area contributed by atoms with Crippen molar-refractivity contribution in [1.29, 1.82) is 0 Å². The zero-order valence-corrected chi connectivity index (χ0v) is 14.4. The molecule has 0 bridgehead atoms. The van der Waals surface area contributed by atoms with Crippen molar-refractivity contribution in [2.45, 2.75) is 57.7 Å². The molecule has 3 heterocycles. The number of hydrogen-bond acceptors (Lipinski definition) is 4. The Morgan fingerprint density at radius 2 is 2.25 bits per heavy atom. The van der Waals surface area contributed by atoms with E-state index in [0.717, 1.165) is 12.8 Å². The maximum absolute atomic E-state index is 12.9. The van der Waals surface area contributed by atoms with Crippen LogP contribution in [0.5, 0.6) is 0 Å². The highest BCUT2D eigenvalue weighted by atomic mass is 16.4. The van der Waals surface area contributed by atoms with Gasteiger partial charge in [-0.05, 0) is 38.8 Å². The number of likely N-dealkylation sites (tertiary alicyclic amines) is 2. The Morgan fingerprint density at radius 1 is 1.46 bits per heavy atom. The Balaban J connectivity index is 1.63. The number of carbonyl (C=O) groups excluding carboxylic acids is 2. The van der Waals surface area contributed by atoms with E-state index in [1.165, 1.54) is 0 Å². The molecule has 132 valence electrons. The fraction of sp³-hybridized carbons (Fsp3) is 0.667. The van der Waals surface area contributed by atoms with Gasteiger partial charge in [0.05, 0.1) is 12.2 Å². The molecule has 2 saturated heterocycles. The van der Waals surface area contributed by atoms with Crippen LogP contribution in [0.4, 0.5) is 0 Å². The second-order valence-corrected chi connectivity index (χ2v) is 7.14. The molecule has 3 atom stereocenters. The largest absolute Gasteiger partial charge is 0.467 e. The van der Waals surface area contributed by atoms with Crippen LogP contribution in [0.1, 0.15) is 51.4 Å². The lowest BCUT2D eigenvalue weighted by Crippen LogP contribution is -2.41. The summed E-state index contributed by atoms with van der Waals surface area (Å²) >= 11 is 0. The monoisotopic (exact) mass is 334 g/mol. The van der Waals surface area contributed by atoms with E-state index in [2.05, 4.69) is 0 Å². The summed E-state index contributed by atoms with van der Waals surface area (Å²) < 4.78 is 5.25. The molecule has 0 aliphatic carbocycles. The summed E-state index contributed by atoms with van der Waals surface area (Å²) in [5.74, 6) is 0.410. The number of carbonyl (C=O) groups is 2. The van der Waals surface area contributed by atoms with Crippen LogP contribution >= 0.6 is 0 Å². The molecule has 6 heteroatoms. The average molecular weight is 334 g/mol. The van der Waals surface area contributed by atoms with Crippen molar-refractivity contribution in [2.24, 2.45) is 5.92 Å². The van der Waals surface area contributed by atoms with Gasteiger partial charge in [-0.15, -0.1) is 0 Å². The van der Waals surface area contributed by atoms with Crippen LogP contribution < -0.4 is 0 Å². The Morgan fingerprint density at radius 3 is 2.88 bits per heavy atom. The van der Waals surface area contributed by atoms with Gasteiger partial charge in [-0.3, -0.25) is 9.59 Å². The molecule has 24 heavy (non-hydrogen) atoms. The van der Waals surface area contributed by atoms with Gasteiger partial charge in [0.1, 0.15) is 11.9 Å². The first kappa shape index (κ1) is 17.0. The molecule has 0 aromatic carbocycles. The van der Waals surface area contributed by atoms with Gasteiger partial charge in [-0.1, -0.05) is 0 Å². The molecule has 2 amide bonds. The molecule has 3 rings (SSSR count). The fourth-order valence-electron chi connectivity index (χ4n) is 3.86. The zero-order chi connectivity index (χ0) is 17.3. The molecular weight excluding hydrogens is 308 g/mol. The van der Waals surface area contributed by atoms with Gasteiger partial charge < -0.3 is 19.3 Å². The van der Waals surface area contributed by atoms with Crippen LogP contribution in [-0.4, -0.2) is 51.9 Å². The number of aliphatic hydroxyl groups is 1. The Labute approximate surface area is 142 Å². The van der Waals surface area contributed by atoms with Crippen molar-refractivity contribution < 1.29 is 19.1 Å². The van der Waals surface area contributed by atoms with E-state index in [4.69, 9.17) is 4.42 Å². The standard InChI is InChI=1S/C18H26N2O4/c1-12(2)20-11-13(9-17(20)22)18(23)19-7-3-5-14(19)10-15(21)16-6-4-8-24-16/h4,6,8,12-15,21H,3,5,7,9-11H2,1-2H3. The van der Waals surface area contributed by atoms with Crippen molar-refractivity contribution in [2.75, 3.05) is 13.1 Å². The molecule has 0 saturated carbocycles. The molecule has 2 fully saturated rings. The predicted molar refractivity (Wildman–Crippen MR) is 88.0 cm³/mol. The lowest BCUT2D eigenvalue weighted by Gasteiger charge is -2.28. The number of amides is 2. The molecule has 6 nitrogen and oxygen atoms in total. The molecule has 0 radical (unpaired) electrons. The third-order valence-electron chi connectivity index (χ3n) is 5.16. The minimum Gasteiger partial charge on any atom is -0.467 e. The molecule has 2 aliphatic rings. The van der Waals surface area contributed by atoms with E-state index in [-0.39, 0.29) is 29.8 Å². The van der Waals surface area contributed by atoms with E-state index >= 15 is 0 Å². The van der Waals surface area contributed by atoms with Crippen molar-refractivity contribution in [3.8, 4) is 0 Å². The van der Waals surface area contributed by atoms with E-state index < -0.39 is 6.10 Å². The van der Waals surface area contributed by atoms with Crippen molar-refractivity contribution in [3.05, 3.63) is 24.2 Å². The first-order chi connectivity index (χ1) is 11.5. The van der Waals surface area contributed by atoms with E-state index in [0.29, 0.717) is 31.7 Å². The molecule has 0 spiro atoms. The van der Waals surface area contributed by atoms with Gasteiger partial charge in [0, 0.05) is 38.0 Å². The van der Waals surface area contributed by atoms with Crippen LogP contribution in [-0.2, 0) is 9.59 Å². The lowest BCUT2D eigenvalue weighted by molar-refractivity contribution is -0.137. The quantitative estimate of drug-likeness (QED) is 0.893. The minimum absolute atomic E-state index is 0.0146. The van der Waals surface area contributed by atoms with Gasteiger partial charge in [0.2, 0.25) is 11.8 Å². The maximum atomic E-state index is 12.9. The molecular formula is C18H26N2O4. The third-order valence-corrected chi connectivity index (χ3v) is 5.16. The normalized spacial score (nSPS) is 25.8. The van der Waals surface area contributed by atoms with Gasteiger partial charge in [-0.25, -0.2) is 0 Å². The second kappa shape index (κ2) is 6.97. The molecule has 1 aromatic rings. The second-order valence-electron chi connectivity index (χ2n) is 7.14. The van der Waals surface area contributed by atoms with Crippen LogP contribution in [0.15, 0.2) is 22.8 Å². The van der Waals surface area contributed by atoms with Gasteiger partial charge >= 0.3 is 0 Å². The zero-order valence-electron chi connectivity index (χ0n) is 14.4. The van der Waals surface area contributed by atoms with E-state index in [1.807, 2.05) is 18.7 Å². The molecule has 1 N–H and O–H groups in total. The highest BCUT2D eigenvalue weighted by Gasteiger charge is 2.40. The summed E-state index contributed by atoms with van der Waals surface area (Å²) in [7, 11) is 0. The highest BCUT2D eigenvalue weighted by molar-refractivity contribution is 5.89. The van der Waals surface area contributed by atoms with Crippen molar-refractivity contribution in [3.63, 3.8) is 0 Å². The topological polar surface area (TPSA) is 74.0 Å². The highest BCUT2D eigenvalue weighted by Crippen LogP contribution is 2.31. The van der Waals surface area contributed by atoms with Crippen LogP contribution in [0.2, 0.25) is 0 Å². The van der Waals surface area contributed by atoms with Crippen molar-refractivity contribution in [1.82, 2.24) is 9.80 Å². The number of hydrogen-bond donors (Lipinski definition) is 1. The van der Waals surface area contributed by atoms with Crippen LogP contribution in [0.25, 0.3) is 0 Å². The predicted octanol–water partition coefficient (Wildman–Crippen LogP) is 1.95. The summed E-state index contributed by atoms with van der Waals surface area (Å²) in [6, 6.07) is 3.65. The Bertz CT molecular complexity index is 584. The average Bonchev–Trinajstić information content (AvgIpc) is 3.26. The molecule has 3 unspecified atom stereocenters. The summed E-state index contributed by atoms with van der Waals surface area (Å²) in [4.78, 5) is 28.6. The fourth-order valence-corrected chi connectivity index (χ4v) is 3.86. The minimum atomic E-state index is -0.698. The smallest absolute Gasteiger partial charge is 0.228 e. The summed E-state index contributed by atoms with van der Waals surface area (Å²) in [5, 5.41) is 10.3.